The van der Waals surface area contributed by atoms with Gasteiger partial charge in [-0.2, -0.15) is 0 Å². The Kier molecular flexibility index (Phi) is 1.99. The lowest BCUT2D eigenvalue weighted by Crippen LogP contribution is -2.27. The summed E-state index contributed by atoms with van der Waals surface area (Å²) in [6.45, 7) is 0. The molecule has 1 aliphatic heterocycles. The van der Waals surface area contributed by atoms with Crippen LogP contribution in [0.4, 0.5) is 5.82 Å². The normalized spacial score (nSPS) is 37.3. The van der Waals surface area contributed by atoms with E-state index in [1.165, 1.54) is 6.33 Å². The van der Waals surface area contributed by atoms with Crippen LogP contribution >= 0.6 is 0 Å². The monoisotopic (exact) mass is 263 g/mol. The molecule has 2 aromatic rings. The molecule has 3 heterocycles. The number of fused-ring (bicyclic) bond motifs is 1. The summed E-state index contributed by atoms with van der Waals surface area (Å²) in [4.78, 5) is 12.2. The molecule has 0 aromatic carbocycles. The topological polar surface area (TPSA) is 119 Å². The number of ether oxygens (including phenoxy) is 1. The van der Waals surface area contributed by atoms with Crippen molar-refractivity contribution in [2.75, 3.05) is 5.73 Å². The molecule has 0 radical (unpaired) electrons. The lowest BCUT2D eigenvalue weighted by atomic mass is 10.1. The van der Waals surface area contributed by atoms with Gasteiger partial charge in [0.1, 0.15) is 23.7 Å². The molecule has 100 valence electrons. The van der Waals surface area contributed by atoms with Crippen molar-refractivity contribution in [1.29, 1.82) is 0 Å². The lowest BCUT2D eigenvalue weighted by molar-refractivity contribution is -0.0580. The zero-order valence-electron chi connectivity index (χ0n) is 9.97. The van der Waals surface area contributed by atoms with E-state index >= 15 is 0 Å². The summed E-state index contributed by atoms with van der Waals surface area (Å²) >= 11 is 0. The number of anilines is 1. The summed E-state index contributed by atoms with van der Waals surface area (Å²) in [7, 11) is 0. The van der Waals surface area contributed by atoms with E-state index in [1.807, 2.05) is 0 Å². The van der Waals surface area contributed by atoms with Gasteiger partial charge in [-0.3, -0.25) is 4.57 Å². The minimum Gasteiger partial charge on any atom is -0.390 e. The molecule has 1 aliphatic carbocycles. The number of rotatable bonds is 1. The number of nitrogens with zero attached hydrogens (tertiary/aromatic N) is 4. The summed E-state index contributed by atoms with van der Waals surface area (Å²) in [5.41, 5.74) is 6.00. The quantitative estimate of drug-likeness (QED) is 0.615. The SMILES string of the molecule is Nc1ncnc2c1ncn2[C@H]1C[C@H](O)C2(CC2O)O1. The average Bonchev–Trinajstić information content (AvgIpc) is 2.75. The molecule has 0 bridgehead atoms. The Hall–Kier alpha value is -1.77. The van der Waals surface area contributed by atoms with Crippen molar-refractivity contribution in [3.63, 3.8) is 0 Å². The number of nitrogen functional groups attached to an aromatic ring is 1. The highest BCUT2D eigenvalue weighted by atomic mass is 16.6. The van der Waals surface area contributed by atoms with Crippen LogP contribution in [0, 0.1) is 0 Å². The molecular weight excluding hydrogens is 250 g/mol. The maximum atomic E-state index is 10.0. The Morgan fingerprint density at radius 1 is 1.32 bits per heavy atom. The molecule has 4 atom stereocenters. The second-order valence-corrected chi connectivity index (χ2v) is 5.08. The molecule has 2 fully saturated rings. The van der Waals surface area contributed by atoms with Crippen LogP contribution in [0.25, 0.3) is 11.2 Å². The number of hydrogen-bond donors (Lipinski definition) is 3. The van der Waals surface area contributed by atoms with Gasteiger partial charge in [-0.05, 0) is 0 Å². The van der Waals surface area contributed by atoms with E-state index in [-0.39, 0.29) is 0 Å². The molecule has 0 amide bonds. The van der Waals surface area contributed by atoms with Crippen molar-refractivity contribution < 1.29 is 14.9 Å². The fourth-order valence-corrected chi connectivity index (χ4v) is 2.75. The van der Waals surface area contributed by atoms with E-state index in [1.54, 1.807) is 10.9 Å². The molecule has 2 unspecified atom stereocenters. The van der Waals surface area contributed by atoms with Crippen LogP contribution in [0.1, 0.15) is 19.1 Å². The second kappa shape index (κ2) is 3.41. The maximum absolute atomic E-state index is 10.0. The standard InChI is InChI=1S/C11H13N5O3/c12-9-8-10(14-3-13-9)16(4-15-8)7-1-5(17)11(19-7)2-6(11)18/h3-7,17-18H,1-2H2,(H2,12,13,14)/t5-,6?,7+,11?/m0/s1. The molecule has 19 heavy (non-hydrogen) atoms. The highest BCUT2D eigenvalue weighted by Gasteiger charge is 2.65. The molecule has 2 aliphatic rings. The summed E-state index contributed by atoms with van der Waals surface area (Å²) < 4.78 is 7.52. The Morgan fingerprint density at radius 3 is 2.79 bits per heavy atom. The largest absolute Gasteiger partial charge is 0.390 e. The van der Waals surface area contributed by atoms with Crippen LogP contribution < -0.4 is 5.73 Å². The van der Waals surface area contributed by atoms with Gasteiger partial charge in [-0.1, -0.05) is 0 Å². The van der Waals surface area contributed by atoms with Gasteiger partial charge in [0.15, 0.2) is 11.5 Å². The highest BCUT2D eigenvalue weighted by molar-refractivity contribution is 5.81. The van der Waals surface area contributed by atoms with E-state index in [0.29, 0.717) is 29.8 Å². The molecule has 1 saturated heterocycles. The van der Waals surface area contributed by atoms with Crippen LogP contribution in [0.15, 0.2) is 12.7 Å². The number of hydrogen-bond acceptors (Lipinski definition) is 7. The predicted octanol–water partition coefficient (Wildman–Crippen LogP) is -0.808. The Balaban J connectivity index is 1.75. The number of nitrogens with two attached hydrogens (primary N) is 1. The third-order valence-electron chi connectivity index (χ3n) is 3.96. The van der Waals surface area contributed by atoms with E-state index in [0.717, 1.165) is 0 Å². The number of imidazole rings is 1. The van der Waals surface area contributed by atoms with Crippen molar-refractivity contribution in [2.24, 2.45) is 0 Å². The van der Waals surface area contributed by atoms with Crippen LogP contribution in [0.2, 0.25) is 0 Å². The summed E-state index contributed by atoms with van der Waals surface area (Å²) in [5, 5.41) is 19.6. The third kappa shape index (κ3) is 1.36. The minimum atomic E-state index is -0.806. The number of aromatic nitrogens is 4. The molecule has 1 spiro atoms. The van der Waals surface area contributed by atoms with Gasteiger partial charge in [0.25, 0.3) is 0 Å². The van der Waals surface area contributed by atoms with Gasteiger partial charge < -0.3 is 20.7 Å². The molecule has 4 rings (SSSR count). The van der Waals surface area contributed by atoms with Gasteiger partial charge in [-0.15, -0.1) is 0 Å². The van der Waals surface area contributed by atoms with Gasteiger partial charge in [0.05, 0.1) is 18.5 Å². The highest BCUT2D eigenvalue weighted by Crippen LogP contribution is 2.52. The first-order chi connectivity index (χ1) is 9.12. The lowest BCUT2D eigenvalue weighted by Gasteiger charge is -2.14. The molecule has 2 aromatic heterocycles. The summed E-state index contributed by atoms with van der Waals surface area (Å²) in [6.07, 6.45) is 2.13. The molecule has 8 nitrogen and oxygen atoms in total. The van der Waals surface area contributed by atoms with E-state index < -0.39 is 24.0 Å². The first-order valence-electron chi connectivity index (χ1n) is 6.09. The van der Waals surface area contributed by atoms with E-state index in [4.69, 9.17) is 10.5 Å². The predicted molar refractivity (Wildman–Crippen MR) is 63.8 cm³/mol. The zero-order chi connectivity index (χ0) is 13.2. The molecule has 1 saturated carbocycles. The van der Waals surface area contributed by atoms with E-state index in [9.17, 15) is 10.2 Å². The molecule has 8 heteroatoms. The van der Waals surface area contributed by atoms with Crippen molar-refractivity contribution in [2.45, 2.75) is 36.9 Å². The Morgan fingerprint density at radius 2 is 2.11 bits per heavy atom. The van der Waals surface area contributed by atoms with Gasteiger partial charge in [0, 0.05) is 12.8 Å². The molecule has 4 N–H and O–H groups in total. The van der Waals surface area contributed by atoms with Gasteiger partial charge in [-0.25, -0.2) is 15.0 Å². The van der Waals surface area contributed by atoms with Crippen molar-refractivity contribution in [3.8, 4) is 0 Å². The molecular formula is C11H13N5O3. The van der Waals surface area contributed by atoms with Gasteiger partial charge in [0.2, 0.25) is 0 Å². The summed E-state index contributed by atoms with van der Waals surface area (Å²) in [6, 6.07) is 0. The van der Waals surface area contributed by atoms with Crippen LogP contribution in [0.5, 0.6) is 0 Å². The van der Waals surface area contributed by atoms with E-state index in [2.05, 4.69) is 15.0 Å². The van der Waals surface area contributed by atoms with Crippen molar-refractivity contribution in [3.05, 3.63) is 12.7 Å². The van der Waals surface area contributed by atoms with Gasteiger partial charge >= 0.3 is 0 Å². The first-order valence-corrected chi connectivity index (χ1v) is 6.09. The fraction of sp³-hybridized carbons (Fsp3) is 0.545. The summed E-state index contributed by atoms with van der Waals surface area (Å²) in [5.74, 6) is 0.309. The zero-order valence-corrected chi connectivity index (χ0v) is 9.97. The van der Waals surface area contributed by atoms with Crippen molar-refractivity contribution in [1.82, 2.24) is 19.5 Å². The smallest absolute Gasteiger partial charge is 0.167 e. The number of aliphatic hydroxyl groups excluding tert-OH is 2. The van der Waals surface area contributed by atoms with Crippen molar-refractivity contribution >= 4 is 17.0 Å². The second-order valence-electron chi connectivity index (χ2n) is 5.08. The fourth-order valence-electron chi connectivity index (χ4n) is 2.75. The number of aliphatic hydroxyl groups is 2. The van der Waals surface area contributed by atoms with Crippen LogP contribution in [-0.2, 0) is 4.74 Å². The first kappa shape index (κ1) is 11.1. The Labute approximate surface area is 107 Å². The van der Waals surface area contributed by atoms with Crippen LogP contribution in [-0.4, -0.2) is 47.5 Å². The minimum absolute atomic E-state index is 0.309. The third-order valence-corrected chi connectivity index (χ3v) is 3.96. The Bertz CT molecular complexity index is 659. The van der Waals surface area contributed by atoms with Crippen LogP contribution in [0.3, 0.4) is 0 Å². The average molecular weight is 263 g/mol. The maximum Gasteiger partial charge on any atom is 0.167 e.